The summed E-state index contributed by atoms with van der Waals surface area (Å²) in [6, 6.07) is 5.97. The Balaban J connectivity index is 1.35. The van der Waals surface area contributed by atoms with Crippen molar-refractivity contribution in [3.8, 4) is 5.75 Å². The summed E-state index contributed by atoms with van der Waals surface area (Å²) < 4.78 is 12.2. The monoisotopic (exact) mass is 393 g/mol. The molecule has 27 heavy (non-hydrogen) atoms. The number of benzene rings is 1. The second-order valence-corrected chi connectivity index (χ2v) is 8.67. The number of aliphatic carboxylic acids is 1. The first kappa shape index (κ1) is 18.9. The quantitative estimate of drug-likeness (QED) is 0.797. The van der Waals surface area contributed by atoms with E-state index in [9.17, 15) is 4.79 Å². The van der Waals surface area contributed by atoms with Crippen LogP contribution in [-0.2, 0) is 9.53 Å². The van der Waals surface area contributed by atoms with Gasteiger partial charge in [-0.05, 0) is 63.0 Å². The lowest BCUT2D eigenvalue weighted by atomic mass is 9.81. The average Bonchev–Trinajstić information content (AvgIpc) is 2.62. The van der Waals surface area contributed by atoms with Crippen molar-refractivity contribution in [3.05, 3.63) is 23.2 Å². The van der Waals surface area contributed by atoms with E-state index in [4.69, 9.17) is 26.2 Å². The van der Waals surface area contributed by atoms with Gasteiger partial charge in [0, 0.05) is 19.2 Å². The molecule has 1 saturated carbocycles. The highest BCUT2D eigenvalue weighted by molar-refractivity contribution is 6.33. The highest BCUT2D eigenvalue weighted by Gasteiger charge is 2.40. The summed E-state index contributed by atoms with van der Waals surface area (Å²) >= 11 is 6.47. The lowest BCUT2D eigenvalue weighted by Crippen LogP contribution is -2.49. The van der Waals surface area contributed by atoms with E-state index in [0.717, 1.165) is 68.1 Å². The Morgan fingerprint density at radius 2 is 2.04 bits per heavy atom. The van der Waals surface area contributed by atoms with Gasteiger partial charge >= 0.3 is 5.97 Å². The van der Waals surface area contributed by atoms with Crippen LogP contribution >= 0.6 is 11.6 Å². The Bertz CT molecular complexity index is 673. The van der Waals surface area contributed by atoms with E-state index >= 15 is 0 Å². The van der Waals surface area contributed by atoms with Crippen molar-refractivity contribution in [2.75, 3.05) is 24.6 Å². The van der Waals surface area contributed by atoms with Gasteiger partial charge in [-0.15, -0.1) is 0 Å². The molecule has 2 saturated heterocycles. The number of piperidine rings is 1. The summed E-state index contributed by atoms with van der Waals surface area (Å²) in [4.78, 5) is 13.2. The van der Waals surface area contributed by atoms with Crippen LogP contribution in [0.25, 0.3) is 0 Å². The molecule has 4 rings (SSSR count). The number of halogens is 1. The van der Waals surface area contributed by atoms with Crippen LogP contribution < -0.4 is 9.64 Å². The van der Waals surface area contributed by atoms with E-state index in [1.54, 1.807) is 0 Å². The molecular weight excluding hydrogens is 366 g/mol. The van der Waals surface area contributed by atoms with Crippen LogP contribution in [0.15, 0.2) is 18.2 Å². The number of ether oxygens (including phenoxy) is 2. The van der Waals surface area contributed by atoms with Crippen molar-refractivity contribution < 1.29 is 19.4 Å². The van der Waals surface area contributed by atoms with Crippen LogP contribution in [0.3, 0.4) is 0 Å². The van der Waals surface area contributed by atoms with Gasteiger partial charge in [0.2, 0.25) is 0 Å². The maximum Gasteiger partial charge on any atom is 0.303 e. The topological polar surface area (TPSA) is 59.0 Å². The maximum absolute atomic E-state index is 10.9. The molecule has 2 aliphatic heterocycles. The Hall–Kier alpha value is -1.46. The van der Waals surface area contributed by atoms with Gasteiger partial charge in [-0.3, -0.25) is 4.79 Å². The predicted octanol–water partition coefficient (Wildman–Crippen LogP) is 4.51. The number of hydrogen-bond donors (Lipinski definition) is 1. The number of nitrogens with zero attached hydrogens (tertiary/aromatic N) is 1. The molecule has 0 amide bonds. The molecule has 2 heterocycles. The van der Waals surface area contributed by atoms with Crippen LogP contribution in [0.1, 0.15) is 51.4 Å². The minimum Gasteiger partial charge on any atom is -0.490 e. The molecule has 0 radical (unpaired) electrons. The van der Waals surface area contributed by atoms with Crippen LogP contribution in [0.5, 0.6) is 5.75 Å². The molecule has 6 heteroatoms. The summed E-state index contributed by atoms with van der Waals surface area (Å²) in [6.45, 7) is 2.37. The van der Waals surface area contributed by atoms with Crippen molar-refractivity contribution in [2.45, 2.75) is 63.1 Å². The summed E-state index contributed by atoms with van der Waals surface area (Å²) in [6.07, 6.45) is 7.92. The summed E-state index contributed by atoms with van der Waals surface area (Å²) in [5.41, 5.74) is 0.959. The molecule has 148 valence electrons. The third-order valence-corrected chi connectivity index (χ3v) is 6.70. The van der Waals surface area contributed by atoms with Gasteiger partial charge in [0.25, 0.3) is 0 Å². The van der Waals surface area contributed by atoms with Crippen molar-refractivity contribution in [1.82, 2.24) is 0 Å². The molecule has 3 aliphatic rings. The predicted molar refractivity (Wildman–Crippen MR) is 105 cm³/mol. The molecule has 1 N–H and O–H groups in total. The van der Waals surface area contributed by atoms with Crippen molar-refractivity contribution in [3.63, 3.8) is 0 Å². The molecular formula is C21H28ClNO4. The summed E-state index contributed by atoms with van der Waals surface area (Å²) in [7, 11) is 0. The SMILES string of the molecule is O=C(O)C[C@@H]1CCC2(CCN(c3cc(OC4CCC4)ccc3Cl)CC2)OC1. The molecule has 3 fully saturated rings. The van der Waals surface area contributed by atoms with Crippen molar-refractivity contribution >= 4 is 23.3 Å². The van der Waals surface area contributed by atoms with E-state index in [1.165, 1.54) is 6.42 Å². The Labute approximate surface area is 165 Å². The molecule has 1 atom stereocenters. The number of carboxylic acid groups (broad SMARTS) is 1. The smallest absolute Gasteiger partial charge is 0.303 e. The molecule has 0 aromatic heterocycles. The second kappa shape index (κ2) is 7.88. The third-order valence-electron chi connectivity index (χ3n) is 6.38. The number of rotatable bonds is 5. The Morgan fingerprint density at radius 1 is 1.26 bits per heavy atom. The fourth-order valence-electron chi connectivity index (χ4n) is 4.36. The zero-order chi connectivity index (χ0) is 18.9. The van der Waals surface area contributed by atoms with Gasteiger partial charge in [0.15, 0.2) is 0 Å². The third kappa shape index (κ3) is 4.35. The first-order chi connectivity index (χ1) is 13.0. The van der Waals surface area contributed by atoms with Gasteiger partial charge in [-0.25, -0.2) is 0 Å². The Morgan fingerprint density at radius 3 is 2.63 bits per heavy atom. The first-order valence-electron chi connectivity index (χ1n) is 10.1. The molecule has 1 aliphatic carbocycles. The first-order valence-corrected chi connectivity index (χ1v) is 10.5. The van der Waals surface area contributed by atoms with Gasteiger partial charge in [-0.2, -0.15) is 0 Å². The van der Waals surface area contributed by atoms with E-state index in [2.05, 4.69) is 11.0 Å². The number of anilines is 1. The van der Waals surface area contributed by atoms with Crippen LogP contribution in [0.2, 0.25) is 5.02 Å². The molecule has 1 aromatic rings. The molecule has 5 nitrogen and oxygen atoms in total. The second-order valence-electron chi connectivity index (χ2n) is 8.27. The zero-order valence-electron chi connectivity index (χ0n) is 15.7. The van der Waals surface area contributed by atoms with Crippen LogP contribution in [-0.4, -0.2) is 42.5 Å². The van der Waals surface area contributed by atoms with Gasteiger partial charge < -0.3 is 19.5 Å². The zero-order valence-corrected chi connectivity index (χ0v) is 16.4. The number of hydrogen-bond acceptors (Lipinski definition) is 4. The minimum atomic E-state index is -0.729. The minimum absolute atomic E-state index is 0.0853. The summed E-state index contributed by atoms with van der Waals surface area (Å²) in [5.74, 6) is 0.332. The molecule has 0 bridgehead atoms. The standard InChI is InChI=1S/C21H28ClNO4/c22-18-5-4-17(27-16-2-1-3-16)13-19(18)23-10-8-21(9-11-23)7-6-15(14-26-21)12-20(24)25/h4-5,13,15-16H,1-3,6-12,14H2,(H,24,25)/t15-/m0/s1. The van der Waals surface area contributed by atoms with Crippen LogP contribution in [0, 0.1) is 5.92 Å². The molecule has 1 spiro atoms. The van der Waals surface area contributed by atoms with Crippen LogP contribution in [0.4, 0.5) is 5.69 Å². The van der Waals surface area contributed by atoms with Crippen molar-refractivity contribution in [1.29, 1.82) is 0 Å². The fraction of sp³-hybridized carbons (Fsp3) is 0.667. The highest BCUT2D eigenvalue weighted by Crippen LogP contribution is 2.40. The maximum atomic E-state index is 10.9. The molecule has 0 unspecified atom stereocenters. The average molecular weight is 394 g/mol. The van der Waals surface area contributed by atoms with E-state index < -0.39 is 5.97 Å². The number of carboxylic acids is 1. The fourth-order valence-corrected chi connectivity index (χ4v) is 4.60. The molecule has 1 aromatic carbocycles. The lowest BCUT2D eigenvalue weighted by molar-refractivity contribution is -0.145. The Kier molecular flexibility index (Phi) is 5.51. The van der Waals surface area contributed by atoms with E-state index in [1.807, 2.05) is 12.1 Å². The summed E-state index contributed by atoms with van der Waals surface area (Å²) in [5, 5.41) is 9.73. The van der Waals surface area contributed by atoms with Gasteiger partial charge in [0.1, 0.15) is 5.75 Å². The van der Waals surface area contributed by atoms with Gasteiger partial charge in [-0.1, -0.05) is 11.6 Å². The largest absolute Gasteiger partial charge is 0.490 e. The van der Waals surface area contributed by atoms with Gasteiger partial charge in [0.05, 0.1) is 35.4 Å². The van der Waals surface area contributed by atoms with E-state index in [0.29, 0.717) is 12.7 Å². The lowest BCUT2D eigenvalue weighted by Gasteiger charge is -2.46. The van der Waals surface area contributed by atoms with Crippen molar-refractivity contribution in [2.24, 2.45) is 5.92 Å². The normalized spacial score (nSPS) is 25.2. The number of carbonyl (C=O) groups is 1. The van der Waals surface area contributed by atoms with E-state index in [-0.39, 0.29) is 17.9 Å². The highest BCUT2D eigenvalue weighted by atomic mass is 35.5.